The predicted octanol–water partition coefficient (Wildman–Crippen LogP) is 4.20. The summed E-state index contributed by atoms with van der Waals surface area (Å²) in [5, 5.41) is 0. The first-order valence-electron chi connectivity index (χ1n) is 8.81. The lowest BCUT2D eigenvalue weighted by Crippen LogP contribution is -2.56. The zero-order valence-corrected chi connectivity index (χ0v) is 15.6. The number of nitrogens with zero attached hydrogens (tertiary/aromatic N) is 1. The number of benzene rings is 1. The van der Waals surface area contributed by atoms with E-state index >= 15 is 0 Å². The van der Waals surface area contributed by atoms with Crippen molar-refractivity contribution in [2.75, 3.05) is 12.3 Å². The second-order valence-electron chi connectivity index (χ2n) is 7.88. The number of ether oxygens (including phenoxy) is 1. The minimum absolute atomic E-state index is 0.0322. The van der Waals surface area contributed by atoms with Gasteiger partial charge >= 0.3 is 6.09 Å². The molecule has 0 spiro atoms. The lowest BCUT2D eigenvalue weighted by Gasteiger charge is -2.44. The summed E-state index contributed by atoms with van der Waals surface area (Å²) in [4.78, 5) is 15.3. The first-order valence-corrected chi connectivity index (χ1v) is 9.80. The fraction of sp³-hybridized carbons (Fsp3) is 0.632. The number of rotatable bonds is 5. The Labute approximate surface area is 149 Å². The third-order valence-corrected chi connectivity index (χ3v) is 5.80. The minimum atomic E-state index is -0.470. The molecule has 4 nitrogen and oxygen atoms in total. The fourth-order valence-corrected chi connectivity index (χ4v) is 3.92. The van der Waals surface area contributed by atoms with E-state index in [9.17, 15) is 4.79 Å². The highest BCUT2D eigenvalue weighted by Crippen LogP contribution is 2.36. The molecule has 132 valence electrons. The summed E-state index contributed by atoms with van der Waals surface area (Å²) < 4.78 is 5.47. The smallest absolute Gasteiger partial charge is 0.410 e. The Bertz CT molecular complexity index is 578. The molecule has 1 aliphatic carbocycles. The van der Waals surface area contributed by atoms with Crippen molar-refractivity contribution in [1.82, 2.24) is 4.90 Å². The van der Waals surface area contributed by atoms with Crippen LogP contribution in [0.4, 0.5) is 4.79 Å². The number of amides is 1. The number of carbonyl (C=O) groups is 1. The fourth-order valence-electron chi connectivity index (χ4n) is 2.83. The third kappa shape index (κ3) is 4.45. The van der Waals surface area contributed by atoms with Crippen molar-refractivity contribution in [3.63, 3.8) is 0 Å². The van der Waals surface area contributed by atoms with Crippen molar-refractivity contribution in [2.24, 2.45) is 11.7 Å². The van der Waals surface area contributed by atoms with Gasteiger partial charge in [-0.25, -0.2) is 4.79 Å². The molecule has 2 atom stereocenters. The van der Waals surface area contributed by atoms with Gasteiger partial charge in [-0.1, -0.05) is 12.1 Å². The van der Waals surface area contributed by atoms with E-state index in [0.29, 0.717) is 0 Å². The van der Waals surface area contributed by atoms with E-state index in [-0.39, 0.29) is 18.2 Å². The average Bonchev–Trinajstić information content (AvgIpc) is 3.26. The van der Waals surface area contributed by atoms with Gasteiger partial charge in [-0.05, 0) is 63.6 Å². The van der Waals surface area contributed by atoms with Crippen LogP contribution in [0.5, 0.6) is 0 Å². The molecule has 1 saturated heterocycles. The van der Waals surface area contributed by atoms with Crippen molar-refractivity contribution in [3.05, 3.63) is 29.8 Å². The molecule has 1 heterocycles. The van der Waals surface area contributed by atoms with Gasteiger partial charge in [-0.15, -0.1) is 11.8 Å². The second kappa shape index (κ2) is 6.96. The summed E-state index contributed by atoms with van der Waals surface area (Å²) in [6.45, 7) is 6.38. The Morgan fingerprint density at radius 1 is 1.29 bits per heavy atom. The van der Waals surface area contributed by atoms with Gasteiger partial charge in [0, 0.05) is 17.2 Å². The Morgan fingerprint density at radius 2 is 1.96 bits per heavy atom. The molecule has 1 saturated carbocycles. The van der Waals surface area contributed by atoms with Crippen LogP contribution in [-0.2, 0) is 4.74 Å². The molecular formula is C19H28N2O2S. The number of hydrogen-bond donors (Lipinski definition) is 1. The molecule has 5 heteroatoms. The van der Waals surface area contributed by atoms with Crippen LogP contribution in [0.3, 0.4) is 0 Å². The first kappa shape index (κ1) is 17.6. The lowest BCUT2D eigenvalue weighted by atomic mass is 9.91. The molecule has 2 fully saturated rings. The van der Waals surface area contributed by atoms with Crippen LogP contribution in [0.15, 0.2) is 29.2 Å². The van der Waals surface area contributed by atoms with E-state index in [1.54, 1.807) is 4.90 Å². The van der Waals surface area contributed by atoms with Crippen LogP contribution in [0.2, 0.25) is 0 Å². The number of likely N-dealkylation sites (tertiary alicyclic amines) is 1. The monoisotopic (exact) mass is 348 g/mol. The van der Waals surface area contributed by atoms with Crippen LogP contribution in [0, 0.1) is 5.92 Å². The van der Waals surface area contributed by atoms with Crippen LogP contribution >= 0.6 is 11.8 Å². The summed E-state index contributed by atoms with van der Waals surface area (Å²) >= 11 is 1.93. The number of carbonyl (C=O) groups excluding carboxylic acids is 1. The van der Waals surface area contributed by atoms with Crippen LogP contribution in [0.25, 0.3) is 0 Å². The van der Waals surface area contributed by atoms with Gasteiger partial charge in [0.15, 0.2) is 0 Å². The van der Waals surface area contributed by atoms with Gasteiger partial charge in [0.25, 0.3) is 0 Å². The molecule has 2 unspecified atom stereocenters. The van der Waals surface area contributed by atoms with Gasteiger partial charge < -0.3 is 15.4 Å². The predicted molar refractivity (Wildman–Crippen MR) is 98.2 cm³/mol. The molecule has 3 rings (SSSR count). The standard InChI is InChI=1S/C19H28N2O2S/c1-19(2,3)23-18(22)21-11-10-16(21)17(20)14-6-8-15(9-7-14)24-12-13-4-5-13/h6-9,13,16-17H,4-5,10-12,20H2,1-3H3. The summed E-state index contributed by atoms with van der Waals surface area (Å²) in [5.74, 6) is 2.15. The van der Waals surface area contributed by atoms with E-state index in [2.05, 4.69) is 24.3 Å². The SMILES string of the molecule is CC(C)(C)OC(=O)N1CCC1C(N)c1ccc(SCC2CC2)cc1. The van der Waals surface area contributed by atoms with Gasteiger partial charge in [0.1, 0.15) is 5.60 Å². The molecule has 2 N–H and O–H groups in total. The Kier molecular flexibility index (Phi) is 5.11. The molecule has 1 aromatic carbocycles. The van der Waals surface area contributed by atoms with E-state index < -0.39 is 5.60 Å². The normalized spacial score (nSPS) is 22.0. The summed E-state index contributed by atoms with van der Waals surface area (Å²) in [5.41, 5.74) is 7.03. The minimum Gasteiger partial charge on any atom is -0.444 e. The van der Waals surface area contributed by atoms with E-state index in [1.165, 1.54) is 23.5 Å². The van der Waals surface area contributed by atoms with Crippen LogP contribution in [0.1, 0.15) is 51.6 Å². The van der Waals surface area contributed by atoms with Crippen molar-refractivity contribution in [3.8, 4) is 0 Å². The number of nitrogens with two attached hydrogens (primary N) is 1. The highest BCUT2D eigenvalue weighted by Gasteiger charge is 2.39. The second-order valence-corrected chi connectivity index (χ2v) is 8.97. The first-order chi connectivity index (χ1) is 11.3. The van der Waals surface area contributed by atoms with Crippen molar-refractivity contribution in [1.29, 1.82) is 0 Å². The molecule has 1 amide bonds. The lowest BCUT2D eigenvalue weighted by molar-refractivity contribution is -0.0102. The molecule has 1 aromatic rings. The van der Waals surface area contributed by atoms with Gasteiger partial charge in [0.05, 0.1) is 12.1 Å². The highest BCUT2D eigenvalue weighted by atomic mass is 32.2. The summed E-state index contributed by atoms with van der Waals surface area (Å²) in [6, 6.07) is 8.38. The Balaban J connectivity index is 1.56. The highest BCUT2D eigenvalue weighted by molar-refractivity contribution is 7.99. The van der Waals surface area contributed by atoms with Crippen LogP contribution in [-0.4, -0.2) is 34.9 Å². The van der Waals surface area contributed by atoms with E-state index in [1.807, 2.05) is 32.5 Å². The number of thioether (sulfide) groups is 1. The molecule has 2 aliphatic rings. The van der Waals surface area contributed by atoms with Gasteiger partial charge in [-0.3, -0.25) is 0 Å². The van der Waals surface area contributed by atoms with Crippen molar-refractivity contribution >= 4 is 17.9 Å². The number of hydrogen-bond acceptors (Lipinski definition) is 4. The van der Waals surface area contributed by atoms with E-state index in [4.69, 9.17) is 10.5 Å². The van der Waals surface area contributed by atoms with Gasteiger partial charge in [0.2, 0.25) is 0 Å². The van der Waals surface area contributed by atoms with Crippen molar-refractivity contribution in [2.45, 2.75) is 62.6 Å². The molecule has 1 aliphatic heterocycles. The molecule has 0 radical (unpaired) electrons. The quantitative estimate of drug-likeness (QED) is 0.810. The Hall–Kier alpha value is -1.20. The average molecular weight is 349 g/mol. The Morgan fingerprint density at radius 3 is 2.46 bits per heavy atom. The molecule has 24 heavy (non-hydrogen) atoms. The third-order valence-electron chi connectivity index (χ3n) is 4.56. The summed E-state index contributed by atoms with van der Waals surface area (Å²) in [7, 11) is 0. The zero-order chi connectivity index (χ0) is 17.3. The van der Waals surface area contributed by atoms with Gasteiger partial charge in [-0.2, -0.15) is 0 Å². The largest absolute Gasteiger partial charge is 0.444 e. The molecule has 0 bridgehead atoms. The summed E-state index contributed by atoms with van der Waals surface area (Å²) in [6.07, 6.45) is 3.44. The molecular weight excluding hydrogens is 320 g/mol. The maximum absolute atomic E-state index is 12.2. The van der Waals surface area contributed by atoms with Crippen molar-refractivity contribution < 1.29 is 9.53 Å². The maximum Gasteiger partial charge on any atom is 0.410 e. The molecule has 0 aromatic heterocycles. The maximum atomic E-state index is 12.2. The van der Waals surface area contributed by atoms with Crippen LogP contribution < -0.4 is 5.73 Å². The zero-order valence-electron chi connectivity index (χ0n) is 14.8. The topological polar surface area (TPSA) is 55.6 Å². The van der Waals surface area contributed by atoms with E-state index in [0.717, 1.165) is 24.4 Å².